The topological polar surface area (TPSA) is 74.0 Å². The first-order valence-corrected chi connectivity index (χ1v) is 10.2. The standard InChI is InChI=1S/C20H20BrN5O2/c21-14-4-2-13(3-5-14)18-17(25-9-1-8-22-19(25)23-18)12-24-10-15-6-7-16(11-24)26(15)20(27)28/h1-5,8-9,15-16H,6-7,10-12H2,(H,27,28). The van der Waals surface area contributed by atoms with Crippen LogP contribution in [-0.2, 0) is 6.54 Å². The third kappa shape index (κ3) is 2.97. The first kappa shape index (κ1) is 17.6. The molecule has 0 spiro atoms. The van der Waals surface area contributed by atoms with Gasteiger partial charge in [-0.05, 0) is 31.0 Å². The monoisotopic (exact) mass is 441 g/mol. The minimum Gasteiger partial charge on any atom is -0.465 e. The van der Waals surface area contributed by atoms with E-state index >= 15 is 0 Å². The molecule has 144 valence electrons. The van der Waals surface area contributed by atoms with Gasteiger partial charge in [-0.25, -0.2) is 14.8 Å². The number of amides is 1. The van der Waals surface area contributed by atoms with Crippen LogP contribution in [0.1, 0.15) is 18.5 Å². The van der Waals surface area contributed by atoms with Gasteiger partial charge in [0.25, 0.3) is 0 Å². The molecule has 4 heterocycles. The molecule has 2 atom stereocenters. The second-order valence-electron chi connectivity index (χ2n) is 7.47. The minimum absolute atomic E-state index is 0.0877. The van der Waals surface area contributed by atoms with Crippen LogP contribution in [0.25, 0.3) is 17.0 Å². The highest BCUT2D eigenvalue weighted by molar-refractivity contribution is 9.10. The van der Waals surface area contributed by atoms with E-state index in [1.807, 2.05) is 28.8 Å². The maximum Gasteiger partial charge on any atom is 0.407 e. The largest absolute Gasteiger partial charge is 0.465 e. The van der Waals surface area contributed by atoms with Crippen LogP contribution in [0.5, 0.6) is 0 Å². The summed E-state index contributed by atoms with van der Waals surface area (Å²) in [7, 11) is 0. The van der Waals surface area contributed by atoms with Gasteiger partial charge in [0.2, 0.25) is 5.78 Å². The van der Waals surface area contributed by atoms with Crippen molar-refractivity contribution in [3.8, 4) is 11.3 Å². The smallest absolute Gasteiger partial charge is 0.407 e. The second-order valence-corrected chi connectivity index (χ2v) is 8.39. The average Bonchev–Trinajstić information content (AvgIpc) is 3.18. The number of likely N-dealkylation sites (tertiary alicyclic amines) is 1. The molecule has 0 saturated carbocycles. The highest BCUT2D eigenvalue weighted by Gasteiger charge is 2.42. The molecule has 1 amide bonds. The number of imidazole rings is 1. The van der Waals surface area contributed by atoms with E-state index in [1.165, 1.54) is 0 Å². The number of piperazine rings is 1. The van der Waals surface area contributed by atoms with Crippen LogP contribution in [-0.4, -0.2) is 60.5 Å². The lowest BCUT2D eigenvalue weighted by Crippen LogP contribution is -2.55. The van der Waals surface area contributed by atoms with Crippen molar-refractivity contribution in [1.82, 2.24) is 24.2 Å². The molecule has 8 heteroatoms. The van der Waals surface area contributed by atoms with Crippen molar-refractivity contribution >= 4 is 27.8 Å². The summed E-state index contributed by atoms with van der Waals surface area (Å²) in [4.78, 5) is 24.8. The van der Waals surface area contributed by atoms with Crippen molar-refractivity contribution < 1.29 is 9.90 Å². The summed E-state index contributed by atoms with van der Waals surface area (Å²) in [6.45, 7) is 2.24. The van der Waals surface area contributed by atoms with Gasteiger partial charge in [-0.2, -0.15) is 0 Å². The Labute approximate surface area is 170 Å². The summed E-state index contributed by atoms with van der Waals surface area (Å²) in [6.07, 6.45) is 4.85. The Balaban J connectivity index is 1.50. The Bertz CT molecular complexity index is 1020. The van der Waals surface area contributed by atoms with E-state index in [9.17, 15) is 9.90 Å². The number of rotatable bonds is 3. The lowest BCUT2D eigenvalue weighted by atomic mass is 10.1. The van der Waals surface area contributed by atoms with Crippen molar-refractivity contribution in [2.75, 3.05) is 13.1 Å². The minimum atomic E-state index is -0.790. The molecule has 2 aliphatic heterocycles. The summed E-state index contributed by atoms with van der Waals surface area (Å²) < 4.78 is 3.07. The third-order valence-corrected chi connectivity index (χ3v) is 6.30. The van der Waals surface area contributed by atoms with Gasteiger partial charge >= 0.3 is 6.09 Å². The van der Waals surface area contributed by atoms with E-state index in [0.29, 0.717) is 5.78 Å². The van der Waals surface area contributed by atoms with Gasteiger partial charge in [-0.3, -0.25) is 14.2 Å². The molecule has 1 aromatic carbocycles. The Morgan fingerprint density at radius 3 is 2.57 bits per heavy atom. The van der Waals surface area contributed by atoms with Crippen molar-refractivity contribution in [1.29, 1.82) is 0 Å². The van der Waals surface area contributed by atoms with Crippen LogP contribution in [0.4, 0.5) is 4.79 Å². The van der Waals surface area contributed by atoms with Gasteiger partial charge < -0.3 is 5.11 Å². The molecule has 28 heavy (non-hydrogen) atoms. The van der Waals surface area contributed by atoms with Crippen LogP contribution >= 0.6 is 15.9 Å². The summed E-state index contributed by atoms with van der Waals surface area (Å²) >= 11 is 3.49. The zero-order chi connectivity index (χ0) is 19.3. The summed E-state index contributed by atoms with van der Waals surface area (Å²) in [6, 6.07) is 10.2. The SMILES string of the molecule is O=C(O)N1C2CCC1CN(Cc1c(-c3ccc(Br)cc3)nc3ncccn13)C2. The molecule has 2 saturated heterocycles. The molecule has 2 aromatic heterocycles. The van der Waals surface area contributed by atoms with Gasteiger partial charge in [0.05, 0.1) is 11.4 Å². The van der Waals surface area contributed by atoms with Crippen molar-refractivity contribution in [2.45, 2.75) is 31.5 Å². The number of carbonyl (C=O) groups is 1. The molecule has 2 unspecified atom stereocenters. The van der Waals surface area contributed by atoms with Crippen LogP contribution in [0, 0.1) is 0 Å². The predicted molar refractivity (Wildman–Crippen MR) is 108 cm³/mol. The van der Waals surface area contributed by atoms with E-state index in [-0.39, 0.29) is 12.1 Å². The van der Waals surface area contributed by atoms with Crippen molar-refractivity contribution in [2.24, 2.45) is 0 Å². The molecule has 2 bridgehead atoms. The highest BCUT2D eigenvalue weighted by atomic mass is 79.9. The van der Waals surface area contributed by atoms with E-state index in [2.05, 4.69) is 37.9 Å². The quantitative estimate of drug-likeness (QED) is 0.673. The first-order chi connectivity index (χ1) is 13.6. The molecule has 0 aliphatic carbocycles. The van der Waals surface area contributed by atoms with Crippen molar-refractivity contribution in [3.05, 3.63) is 52.9 Å². The summed E-state index contributed by atoms with van der Waals surface area (Å²) in [5.41, 5.74) is 3.07. The fourth-order valence-corrected chi connectivity index (χ4v) is 4.83. The maximum atomic E-state index is 11.6. The second kappa shape index (κ2) is 6.86. The maximum absolute atomic E-state index is 11.6. The molecular formula is C20H20BrN5O2. The Kier molecular flexibility index (Phi) is 4.32. The van der Waals surface area contributed by atoms with Crippen LogP contribution in [0.2, 0.25) is 0 Å². The summed E-state index contributed by atoms with van der Waals surface area (Å²) in [5.74, 6) is 0.683. The number of nitrogens with zero attached hydrogens (tertiary/aromatic N) is 5. The molecule has 2 fully saturated rings. The van der Waals surface area contributed by atoms with Crippen LogP contribution < -0.4 is 0 Å². The van der Waals surface area contributed by atoms with Gasteiger partial charge in [0, 0.05) is 54.1 Å². The number of hydrogen-bond donors (Lipinski definition) is 1. The Morgan fingerprint density at radius 1 is 1.18 bits per heavy atom. The van der Waals surface area contributed by atoms with Crippen molar-refractivity contribution in [3.63, 3.8) is 0 Å². The Morgan fingerprint density at radius 2 is 1.89 bits per heavy atom. The van der Waals surface area contributed by atoms with E-state index in [0.717, 1.165) is 53.9 Å². The van der Waals surface area contributed by atoms with E-state index in [1.54, 1.807) is 11.1 Å². The zero-order valence-electron chi connectivity index (χ0n) is 15.2. The fourth-order valence-electron chi connectivity index (χ4n) is 4.57. The zero-order valence-corrected chi connectivity index (χ0v) is 16.8. The normalized spacial score (nSPS) is 22.1. The molecule has 1 N–H and O–H groups in total. The molecule has 5 rings (SSSR count). The number of fused-ring (bicyclic) bond motifs is 3. The summed E-state index contributed by atoms with van der Waals surface area (Å²) in [5, 5.41) is 9.50. The number of carboxylic acid groups (broad SMARTS) is 1. The Hall–Kier alpha value is -2.45. The highest BCUT2D eigenvalue weighted by Crippen LogP contribution is 2.32. The number of benzene rings is 1. The van der Waals surface area contributed by atoms with Crippen LogP contribution in [0.15, 0.2) is 47.2 Å². The molecule has 3 aromatic rings. The number of halogens is 1. The molecule has 2 aliphatic rings. The number of hydrogen-bond acceptors (Lipinski definition) is 4. The molecule has 0 radical (unpaired) electrons. The lowest BCUT2D eigenvalue weighted by Gasteiger charge is -2.39. The molecule has 7 nitrogen and oxygen atoms in total. The predicted octanol–water partition coefficient (Wildman–Crippen LogP) is 3.49. The van der Waals surface area contributed by atoms with Gasteiger partial charge in [-0.1, -0.05) is 28.1 Å². The lowest BCUT2D eigenvalue weighted by molar-refractivity contribution is 0.0586. The van der Waals surface area contributed by atoms with Gasteiger partial charge in [0.15, 0.2) is 0 Å². The third-order valence-electron chi connectivity index (χ3n) is 5.77. The molecular weight excluding hydrogens is 422 g/mol. The fraction of sp³-hybridized carbons (Fsp3) is 0.350. The van der Waals surface area contributed by atoms with E-state index < -0.39 is 6.09 Å². The van der Waals surface area contributed by atoms with Gasteiger partial charge in [0.1, 0.15) is 0 Å². The van der Waals surface area contributed by atoms with Crippen LogP contribution in [0.3, 0.4) is 0 Å². The van der Waals surface area contributed by atoms with Gasteiger partial charge in [-0.15, -0.1) is 0 Å². The first-order valence-electron chi connectivity index (χ1n) is 9.41. The van der Waals surface area contributed by atoms with E-state index in [4.69, 9.17) is 4.98 Å². The average molecular weight is 442 g/mol. The number of aromatic nitrogens is 3.